The molecule has 0 aliphatic heterocycles. The highest BCUT2D eigenvalue weighted by atomic mass is 79.9. The molecule has 0 atom stereocenters. The first-order valence-electron chi connectivity index (χ1n) is 5.05. The summed E-state index contributed by atoms with van der Waals surface area (Å²) in [6, 6.07) is 13.2. The summed E-state index contributed by atoms with van der Waals surface area (Å²) in [5, 5.41) is 5.89. The Hall–Kier alpha value is -0.860. The molecule has 0 aliphatic rings. The average Bonchev–Trinajstić information content (AvgIpc) is 2.26. The van der Waals surface area contributed by atoms with Gasteiger partial charge >= 0.3 is 0 Å². The lowest BCUT2D eigenvalue weighted by molar-refractivity contribution is 0.803. The maximum atomic E-state index is 3.36. The van der Waals surface area contributed by atoms with Crippen molar-refractivity contribution in [1.82, 2.24) is 5.32 Å². The molecule has 0 aliphatic carbocycles. The average molecular weight is 264 g/mol. The second-order valence-electron chi connectivity index (χ2n) is 3.75. The summed E-state index contributed by atoms with van der Waals surface area (Å²) < 4.78 is 0. The largest absolute Gasteiger partial charge is 0.303 e. The van der Waals surface area contributed by atoms with Crippen LogP contribution in [0.25, 0.3) is 10.8 Å². The SMILES string of the molecule is Cc1ccc2cc(CNCBr)ccc2c1. The molecule has 0 bridgehead atoms. The molecule has 2 heteroatoms. The second kappa shape index (κ2) is 4.77. The Bertz CT molecular complexity index is 465. The van der Waals surface area contributed by atoms with Gasteiger partial charge in [-0.25, -0.2) is 0 Å². The van der Waals surface area contributed by atoms with E-state index in [0.29, 0.717) is 0 Å². The highest BCUT2D eigenvalue weighted by Gasteiger charge is 1.96. The lowest BCUT2D eigenvalue weighted by Gasteiger charge is -2.04. The Kier molecular flexibility index (Phi) is 3.39. The molecule has 0 spiro atoms. The van der Waals surface area contributed by atoms with Crippen LogP contribution in [0.5, 0.6) is 0 Å². The van der Waals surface area contributed by atoms with Gasteiger partial charge in [0, 0.05) is 6.54 Å². The summed E-state index contributed by atoms with van der Waals surface area (Å²) in [6.45, 7) is 3.04. The smallest absolute Gasteiger partial charge is 0.0519 e. The quantitative estimate of drug-likeness (QED) is 0.660. The molecule has 1 N–H and O–H groups in total. The van der Waals surface area contributed by atoms with Crippen molar-refractivity contribution in [2.24, 2.45) is 0 Å². The Morgan fingerprint density at radius 1 is 1.07 bits per heavy atom. The second-order valence-corrected chi connectivity index (χ2v) is 4.31. The van der Waals surface area contributed by atoms with Gasteiger partial charge in [-0.15, -0.1) is 0 Å². The number of hydrogen-bond acceptors (Lipinski definition) is 1. The van der Waals surface area contributed by atoms with Gasteiger partial charge in [-0.3, -0.25) is 0 Å². The predicted molar refractivity (Wildman–Crippen MR) is 69.3 cm³/mol. The first-order valence-corrected chi connectivity index (χ1v) is 6.18. The normalized spacial score (nSPS) is 10.8. The van der Waals surface area contributed by atoms with Crippen molar-refractivity contribution in [2.45, 2.75) is 13.5 Å². The van der Waals surface area contributed by atoms with Gasteiger partial charge in [-0.2, -0.15) is 0 Å². The van der Waals surface area contributed by atoms with Gasteiger partial charge in [0.25, 0.3) is 0 Å². The van der Waals surface area contributed by atoms with Crippen molar-refractivity contribution >= 4 is 26.7 Å². The number of fused-ring (bicyclic) bond motifs is 1. The van der Waals surface area contributed by atoms with Gasteiger partial charge in [0.05, 0.1) is 5.45 Å². The molecule has 0 aromatic heterocycles. The van der Waals surface area contributed by atoms with Gasteiger partial charge in [0.15, 0.2) is 0 Å². The number of benzene rings is 2. The number of halogens is 1. The molecule has 1 nitrogen and oxygen atoms in total. The van der Waals surface area contributed by atoms with Gasteiger partial charge in [-0.1, -0.05) is 51.8 Å². The van der Waals surface area contributed by atoms with Crippen molar-refractivity contribution in [3.05, 3.63) is 47.5 Å². The molecule has 2 rings (SSSR count). The molecular weight excluding hydrogens is 250 g/mol. The summed E-state index contributed by atoms with van der Waals surface area (Å²) in [5.74, 6) is 0. The van der Waals surface area contributed by atoms with E-state index < -0.39 is 0 Å². The van der Waals surface area contributed by atoms with Crippen LogP contribution in [-0.2, 0) is 6.54 Å². The highest BCUT2D eigenvalue weighted by molar-refractivity contribution is 9.09. The maximum Gasteiger partial charge on any atom is 0.0519 e. The Morgan fingerprint density at radius 2 is 1.80 bits per heavy atom. The molecule has 78 valence electrons. The van der Waals surface area contributed by atoms with E-state index in [9.17, 15) is 0 Å². The van der Waals surface area contributed by atoms with Crippen LogP contribution in [-0.4, -0.2) is 5.45 Å². The fourth-order valence-electron chi connectivity index (χ4n) is 1.72. The minimum atomic E-state index is 0.832. The zero-order chi connectivity index (χ0) is 10.7. The Labute approximate surface area is 98.6 Å². The Balaban J connectivity index is 2.34. The summed E-state index contributed by atoms with van der Waals surface area (Å²) in [4.78, 5) is 0. The van der Waals surface area contributed by atoms with Crippen molar-refractivity contribution in [3.63, 3.8) is 0 Å². The predicted octanol–water partition coefficient (Wildman–Crippen LogP) is 3.59. The number of rotatable bonds is 3. The molecule has 0 saturated heterocycles. The van der Waals surface area contributed by atoms with Crippen LogP contribution < -0.4 is 5.32 Å². The third kappa shape index (κ3) is 2.58. The van der Waals surface area contributed by atoms with Crippen LogP contribution in [0.15, 0.2) is 36.4 Å². The van der Waals surface area contributed by atoms with Gasteiger partial charge in [0.1, 0.15) is 0 Å². The van der Waals surface area contributed by atoms with Gasteiger partial charge in [-0.05, 0) is 29.3 Å². The summed E-state index contributed by atoms with van der Waals surface area (Å²) >= 11 is 3.36. The molecule has 0 heterocycles. The van der Waals surface area contributed by atoms with Crippen molar-refractivity contribution in [2.75, 3.05) is 5.45 Å². The first kappa shape index (κ1) is 10.7. The molecule has 0 radical (unpaired) electrons. The summed E-state index contributed by atoms with van der Waals surface area (Å²) in [5.41, 5.74) is 3.47. The van der Waals surface area contributed by atoms with E-state index >= 15 is 0 Å². The number of alkyl halides is 1. The molecule has 2 aromatic carbocycles. The third-order valence-corrected chi connectivity index (χ3v) is 2.88. The Morgan fingerprint density at radius 3 is 2.60 bits per heavy atom. The minimum Gasteiger partial charge on any atom is -0.303 e. The first-order chi connectivity index (χ1) is 7.29. The van der Waals surface area contributed by atoms with E-state index in [0.717, 1.165) is 12.0 Å². The molecular formula is C13H14BrN. The molecule has 0 unspecified atom stereocenters. The molecule has 2 aromatic rings. The maximum absolute atomic E-state index is 3.36. The van der Waals surface area contributed by atoms with Gasteiger partial charge in [0.2, 0.25) is 0 Å². The van der Waals surface area contributed by atoms with Crippen LogP contribution in [0.2, 0.25) is 0 Å². The van der Waals surface area contributed by atoms with Crippen molar-refractivity contribution in [3.8, 4) is 0 Å². The lowest BCUT2D eigenvalue weighted by atomic mass is 10.0. The number of nitrogens with one attached hydrogen (secondary N) is 1. The topological polar surface area (TPSA) is 12.0 Å². The van der Waals surface area contributed by atoms with E-state index in [-0.39, 0.29) is 0 Å². The molecule has 0 amide bonds. The van der Waals surface area contributed by atoms with E-state index in [1.165, 1.54) is 21.9 Å². The van der Waals surface area contributed by atoms with E-state index in [4.69, 9.17) is 0 Å². The monoisotopic (exact) mass is 263 g/mol. The standard InChI is InChI=1S/C13H14BrN/c1-10-2-4-13-7-11(8-15-9-14)3-5-12(13)6-10/h2-7,15H,8-9H2,1H3. The van der Waals surface area contributed by atoms with Gasteiger partial charge < -0.3 is 5.32 Å². The van der Waals surface area contributed by atoms with E-state index in [1.807, 2.05) is 0 Å². The van der Waals surface area contributed by atoms with E-state index in [1.54, 1.807) is 0 Å². The zero-order valence-corrected chi connectivity index (χ0v) is 10.3. The van der Waals surface area contributed by atoms with Crippen LogP contribution in [0.4, 0.5) is 0 Å². The van der Waals surface area contributed by atoms with Crippen LogP contribution in [0.1, 0.15) is 11.1 Å². The summed E-state index contributed by atoms with van der Waals surface area (Å²) in [7, 11) is 0. The molecule has 15 heavy (non-hydrogen) atoms. The fourth-order valence-corrected chi connectivity index (χ4v) is 1.91. The van der Waals surface area contributed by atoms with E-state index in [2.05, 4.69) is 64.6 Å². The summed E-state index contributed by atoms with van der Waals surface area (Å²) in [6.07, 6.45) is 0. The van der Waals surface area contributed by atoms with Crippen LogP contribution in [0, 0.1) is 6.92 Å². The molecule has 0 fully saturated rings. The minimum absolute atomic E-state index is 0.832. The van der Waals surface area contributed by atoms with Crippen molar-refractivity contribution < 1.29 is 0 Å². The van der Waals surface area contributed by atoms with Crippen LogP contribution >= 0.6 is 15.9 Å². The zero-order valence-electron chi connectivity index (χ0n) is 8.76. The van der Waals surface area contributed by atoms with Crippen molar-refractivity contribution in [1.29, 1.82) is 0 Å². The lowest BCUT2D eigenvalue weighted by Crippen LogP contribution is -2.09. The number of hydrogen-bond donors (Lipinski definition) is 1. The highest BCUT2D eigenvalue weighted by Crippen LogP contribution is 2.17. The molecule has 0 saturated carbocycles. The number of aryl methyl sites for hydroxylation is 1. The van der Waals surface area contributed by atoms with Crippen LogP contribution in [0.3, 0.4) is 0 Å². The fraction of sp³-hybridized carbons (Fsp3) is 0.231. The third-order valence-electron chi connectivity index (χ3n) is 2.48.